The average Bonchev–Trinajstić information content (AvgIpc) is 3.12. The van der Waals surface area contributed by atoms with E-state index in [0.717, 1.165) is 21.8 Å². The molecule has 5 rings (SSSR count). The molecule has 3 aliphatic rings. The van der Waals surface area contributed by atoms with Crippen LogP contribution in [0.4, 0.5) is 4.39 Å². The number of methoxy groups -OCH3 is 1. The van der Waals surface area contributed by atoms with Gasteiger partial charge in [-0.05, 0) is 60.9 Å². The fourth-order valence-electron chi connectivity index (χ4n) is 5.09. The summed E-state index contributed by atoms with van der Waals surface area (Å²) in [4.78, 5) is 30.0. The standard InChI is InChI=1S/C26H26FNO4S/c1-31-18-8-3-15(4-9-18)14-28-23(16-5-10-19(33-2)11-6-16)22-24(29)20-13-17(27)7-12-21(20)32-25(22)26(28)30/h3-6,8-11,17,20-21,23H,7,12-14H2,1-2H3. The predicted octanol–water partition coefficient (Wildman–Crippen LogP) is 4.86. The van der Waals surface area contributed by atoms with Gasteiger partial charge in [0.25, 0.3) is 5.91 Å². The Hall–Kier alpha value is -2.80. The number of Topliss-reactive ketones (excluding diaryl/α,β-unsaturated/α-hetero) is 1. The van der Waals surface area contributed by atoms with Crippen molar-refractivity contribution in [1.29, 1.82) is 0 Å². The molecular formula is C26H26FNO4S. The fourth-order valence-corrected chi connectivity index (χ4v) is 5.49. The molecular weight excluding hydrogens is 441 g/mol. The molecule has 2 aliphatic heterocycles. The van der Waals surface area contributed by atoms with E-state index in [-0.39, 0.29) is 23.9 Å². The van der Waals surface area contributed by atoms with Crippen molar-refractivity contribution in [2.75, 3.05) is 13.4 Å². The monoisotopic (exact) mass is 467 g/mol. The lowest BCUT2D eigenvalue weighted by molar-refractivity contribution is -0.136. The first kappa shape index (κ1) is 22.0. The van der Waals surface area contributed by atoms with Crippen molar-refractivity contribution in [3.63, 3.8) is 0 Å². The predicted molar refractivity (Wildman–Crippen MR) is 124 cm³/mol. The quantitative estimate of drug-likeness (QED) is 0.588. The Balaban J connectivity index is 1.54. The summed E-state index contributed by atoms with van der Waals surface area (Å²) in [5, 5.41) is 0. The molecule has 0 spiro atoms. The molecule has 5 nitrogen and oxygen atoms in total. The van der Waals surface area contributed by atoms with E-state index in [1.54, 1.807) is 23.8 Å². The van der Waals surface area contributed by atoms with Crippen LogP contribution in [0.5, 0.6) is 5.75 Å². The van der Waals surface area contributed by atoms with Crippen LogP contribution in [0.2, 0.25) is 0 Å². The summed E-state index contributed by atoms with van der Waals surface area (Å²) in [7, 11) is 1.61. The molecule has 2 aromatic carbocycles. The average molecular weight is 468 g/mol. The fraction of sp³-hybridized carbons (Fsp3) is 0.385. The molecule has 0 saturated heterocycles. The van der Waals surface area contributed by atoms with Gasteiger partial charge in [0.15, 0.2) is 11.5 Å². The third-order valence-electron chi connectivity index (χ3n) is 6.82. The molecule has 1 aliphatic carbocycles. The van der Waals surface area contributed by atoms with Crippen LogP contribution in [-0.2, 0) is 20.9 Å². The Bertz CT molecular complexity index is 1100. The van der Waals surface area contributed by atoms with Crippen LogP contribution >= 0.6 is 11.8 Å². The van der Waals surface area contributed by atoms with Gasteiger partial charge in [-0.1, -0.05) is 24.3 Å². The normalized spacial score (nSPS) is 26.7. The van der Waals surface area contributed by atoms with E-state index in [1.807, 2.05) is 54.8 Å². The van der Waals surface area contributed by atoms with Crippen LogP contribution in [0.3, 0.4) is 0 Å². The Morgan fingerprint density at radius 3 is 2.48 bits per heavy atom. The van der Waals surface area contributed by atoms with E-state index in [2.05, 4.69) is 0 Å². The molecule has 2 heterocycles. The van der Waals surface area contributed by atoms with E-state index in [1.165, 1.54) is 0 Å². The number of benzene rings is 2. The van der Waals surface area contributed by atoms with Crippen LogP contribution in [-0.4, -0.2) is 42.2 Å². The highest BCUT2D eigenvalue weighted by atomic mass is 32.2. The number of carbonyl (C=O) groups excluding carboxylic acids is 2. The first-order chi connectivity index (χ1) is 16.0. The number of hydrogen-bond acceptors (Lipinski definition) is 5. The summed E-state index contributed by atoms with van der Waals surface area (Å²) in [5.74, 6) is -0.0845. The van der Waals surface area contributed by atoms with Crippen molar-refractivity contribution >= 4 is 23.5 Å². The number of alkyl halides is 1. The van der Waals surface area contributed by atoms with E-state index in [4.69, 9.17) is 9.47 Å². The lowest BCUT2D eigenvalue weighted by atomic mass is 9.77. The number of nitrogens with zero attached hydrogens (tertiary/aromatic N) is 1. The molecule has 1 fully saturated rings. The van der Waals surface area contributed by atoms with Gasteiger partial charge < -0.3 is 14.4 Å². The first-order valence-corrected chi connectivity index (χ1v) is 12.4. The largest absolute Gasteiger partial charge is 0.497 e. The van der Waals surface area contributed by atoms with E-state index < -0.39 is 24.2 Å². The SMILES string of the molecule is COc1ccc(CN2C(=O)C3=C(C(=O)C4CC(F)CCC4O3)C2c2ccc(SC)cc2)cc1. The maximum Gasteiger partial charge on any atom is 0.290 e. The third kappa shape index (κ3) is 3.92. The molecule has 0 N–H and O–H groups in total. The van der Waals surface area contributed by atoms with Gasteiger partial charge in [0.05, 0.1) is 24.6 Å². The summed E-state index contributed by atoms with van der Waals surface area (Å²) in [6.45, 7) is 0.322. The van der Waals surface area contributed by atoms with Crippen LogP contribution in [0.15, 0.2) is 64.8 Å². The summed E-state index contributed by atoms with van der Waals surface area (Å²) in [5.41, 5.74) is 2.15. The molecule has 0 bridgehead atoms. The Morgan fingerprint density at radius 1 is 1.09 bits per heavy atom. The van der Waals surface area contributed by atoms with Crippen molar-refractivity contribution in [3.8, 4) is 5.75 Å². The lowest BCUT2D eigenvalue weighted by Gasteiger charge is -2.36. The van der Waals surface area contributed by atoms with Gasteiger partial charge in [-0.15, -0.1) is 11.8 Å². The molecule has 7 heteroatoms. The maximum atomic E-state index is 14.2. The van der Waals surface area contributed by atoms with Crippen molar-refractivity contribution in [1.82, 2.24) is 4.90 Å². The molecule has 0 aromatic heterocycles. The molecule has 2 aromatic rings. The van der Waals surface area contributed by atoms with Gasteiger partial charge >= 0.3 is 0 Å². The lowest BCUT2D eigenvalue weighted by Crippen LogP contribution is -2.42. The first-order valence-electron chi connectivity index (χ1n) is 11.2. The van der Waals surface area contributed by atoms with E-state index >= 15 is 0 Å². The minimum Gasteiger partial charge on any atom is -0.497 e. The van der Waals surface area contributed by atoms with Gasteiger partial charge in [0.1, 0.15) is 18.0 Å². The second kappa shape index (κ2) is 8.86. The minimum atomic E-state index is -1.01. The van der Waals surface area contributed by atoms with Crippen molar-refractivity contribution in [3.05, 3.63) is 71.0 Å². The summed E-state index contributed by atoms with van der Waals surface area (Å²) < 4.78 is 25.5. The van der Waals surface area contributed by atoms with Gasteiger partial charge in [0, 0.05) is 11.4 Å². The van der Waals surface area contributed by atoms with Gasteiger partial charge in [0.2, 0.25) is 0 Å². The summed E-state index contributed by atoms with van der Waals surface area (Å²) in [6, 6.07) is 14.9. The van der Waals surface area contributed by atoms with Crippen LogP contribution in [0.1, 0.15) is 36.4 Å². The highest BCUT2D eigenvalue weighted by Gasteiger charge is 2.52. The van der Waals surface area contributed by atoms with Crippen molar-refractivity contribution < 1.29 is 23.5 Å². The zero-order chi connectivity index (χ0) is 23.1. The molecule has 1 amide bonds. The minimum absolute atomic E-state index is 0.144. The molecule has 4 unspecified atom stereocenters. The number of ether oxygens (including phenoxy) is 2. The second-order valence-electron chi connectivity index (χ2n) is 8.74. The Labute approximate surface area is 196 Å². The molecule has 4 atom stereocenters. The van der Waals surface area contributed by atoms with Gasteiger partial charge in [-0.3, -0.25) is 9.59 Å². The van der Waals surface area contributed by atoms with Crippen molar-refractivity contribution in [2.45, 2.75) is 49.0 Å². The number of carbonyl (C=O) groups is 2. The van der Waals surface area contributed by atoms with Crippen LogP contribution in [0.25, 0.3) is 0 Å². The highest BCUT2D eigenvalue weighted by Crippen LogP contribution is 2.47. The van der Waals surface area contributed by atoms with Gasteiger partial charge in [-0.25, -0.2) is 4.39 Å². The Kier molecular flexibility index (Phi) is 5.91. The van der Waals surface area contributed by atoms with E-state index in [0.29, 0.717) is 25.0 Å². The molecule has 0 radical (unpaired) electrons. The molecule has 33 heavy (non-hydrogen) atoms. The number of fused-ring (bicyclic) bond motifs is 1. The number of hydrogen-bond donors (Lipinski definition) is 0. The maximum absolute atomic E-state index is 14.2. The zero-order valence-corrected chi connectivity index (χ0v) is 19.4. The van der Waals surface area contributed by atoms with Gasteiger partial charge in [-0.2, -0.15) is 0 Å². The van der Waals surface area contributed by atoms with Crippen LogP contribution in [0, 0.1) is 5.92 Å². The summed E-state index contributed by atoms with van der Waals surface area (Å²) >= 11 is 1.63. The Morgan fingerprint density at radius 2 is 1.82 bits per heavy atom. The van der Waals surface area contributed by atoms with Crippen LogP contribution < -0.4 is 4.74 Å². The number of ketones is 1. The molecule has 1 saturated carbocycles. The number of halogens is 1. The highest BCUT2D eigenvalue weighted by molar-refractivity contribution is 7.98. The number of amides is 1. The second-order valence-corrected chi connectivity index (χ2v) is 9.62. The van der Waals surface area contributed by atoms with Crippen molar-refractivity contribution in [2.24, 2.45) is 5.92 Å². The topological polar surface area (TPSA) is 55.8 Å². The number of thioether (sulfide) groups is 1. The third-order valence-corrected chi connectivity index (χ3v) is 7.57. The number of rotatable bonds is 5. The summed E-state index contributed by atoms with van der Waals surface area (Å²) in [6.07, 6.45) is 1.54. The smallest absolute Gasteiger partial charge is 0.290 e. The molecule has 172 valence electrons. The zero-order valence-electron chi connectivity index (χ0n) is 18.6. The van der Waals surface area contributed by atoms with E-state index in [9.17, 15) is 14.0 Å².